The van der Waals surface area contributed by atoms with Crippen molar-refractivity contribution in [2.24, 2.45) is 0 Å². The Morgan fingerprint density at radius 1 is 1.19 bits per heavy atom. The van der Waals surface area contributed by atoms with E-state index >= 15 is 0 Å². The van der Waals surface area contributed by atoms with Crippen LogP contribution in [0.4, 0.5) is 9.52 Å². The minimum Gasteiger partial charge on any atom is -0.495 e. The number of amides is 1. The summed E-state index contributed by atoms with van der Waals surface area (Å²) < 4.78 is 45.9. The molecule has 1 amide bonds. The van der Waals surface area contributed by atoms with E-state index in [1.54, 1.807) is 26.1 Å². The van der Waals surface area contributed by atoms with Crippen LogP contribution >= 0.6 is 11.3 Å². The molecular formula is C22H24FN3O4S2. The maximum absolute atomic E-state index is 13.4. The van der Waals surface area contributed by atoms with Gasteiger partial charge in [-0.15, -0.1) is 11.3 Å². The largest absolute Gasteiger partial charge is 0.495 e. The highest BCUT2D eigenvalue weighted by atomic mass is 32.2. The lowest BCUT2D eigenvalue weighted by Crippen LogP contribution is -2.31. The highest BCUT2D eigenvalue weighted by molar-refractivity contribution is 7.89. The number of nitrogens with zero attached hydrogens (tertiary/aromatic N) is 2. The van der Waals surface area contributed by atoms with E-state index in [0.29, 0.717) is 24.6 Å². The van der Waals surface area contributed by atoms with Gasteiger partial charge in [0.25, 0.3) is 5.91 Å². The number of halogens is 1. The Labute approximate surface area is 190 Å². The summed E-state index contributed by atoms with van der Waals surface area (Å²) >= 11 is 1.27. The summed E-state index contributed by atoms with van der Waals surface area (Å²) in [5.74, 6) is -0.633. The first-order chi connectivity index (χ1) is 15.3. The minimum atomic E-state index is -3.82. The fourth-order valence-electron chi connectivity index (χ4n) is 3.19. The van der Waals surface area contributed by atoms with E-state index in [9.17, 15) is 17.6 Å². The lowest BCUT2D eigenvalue weighted by molar-refractivity contribution is 0.102. The molecule has 0 saturated carbocycles. The Bertz CT molecular complexity index is 1210. The number of ether oxygens (including phenoxy) is 1. The van der Waals surface area contributed by atoms with E-state index in [1.165, 1.54) is 53.1 Å². The Morgan fingerprint density at radius 3 is 2.59 bits per heavy atom. The summed E-state index contributed by atoms with van der Waals surface area (Å²) in [6.07, 6.45) is 2.11. The first-order valence-electron chi connectivity index (χ1n) is 9.97. The number of methoxy groups -OCH3 is 1. The molecule has 3 aromatic rings. The average molecular weight is 478 g/mol. The third kappa shape index (κ3) is 5.32. The van der Waals surface area contributed by atoms with Crippen molar-refractivity contribution in [3.63, 3.8) is 0 Å². The first kappa shape index (κ1) is 23.8. The van der Waals surface area contributed by atoms with Crippen molar-refractivity contribution in [3.8, 4) is 5.75 Å². The highest BCUT2D eigenvalue weighted by Crippen LogP contribution is 2.29. The lowest BCUT2D eigenvalue weighted by atomic mass is 10.1. The monoisotopic (exact) mass is 477 g/mol. The SMILES string of the molecule is CCN(CC)S(=O)(=O)c1cc(C(=O)Nc2ncc(Cc3cccc(F)c3)s2)ccc1OC. The van der Waals surface area contributed by atoms with Crippen LogP contribution in [0.15, 0.2) is 53.6 Å². The Balaban J connectivity index is 1.81. The third-order valence-corrected chi connectivity index (χ3v) is 7.77. The second-order valence-electron chi connectivity index (χ2n) is 6.85. The van der Waals surface area contributed by atoms with E-state index < -0.39 is 15.9 Å². The topological polar surface area (TPSA) is 88.6 Å². The molecule has 1 N–H and O–H groups in total. The predicted octanol–water partition coefficient (Wildman–Crippen LogP) is 4.16. The normalized spacial score (nSPS) is 11.5. The van der Waals surface area contributed by atoms with Gasteiger partial charge in [-0.2, -0.15) is 4.31 Å². The van der Waals surface area contributed by atoms with Crippen LogP contribution in [-0.4, -0.2) is 43.8 Å². The zero-order chi connectivity index (χ0) is 23.3. The van der Waals surface area contributed by atoms with Crippen LogP contribution in [0.2, 0.25) is 0 Å². The van der Waals surface area contributed by atoms with Gasteiger partial charge in [0.2, 0.25) is 10.0 Å². The van der Waals surface area contributed by atoms with Crippen LogP contribution in [0.3, 0.4) is 0 Å². The third-order valence-electron chi connectivity index (χ3n) is 4.79. The van der Waals surface area contributed by atoms with Crippen LogP contribution in [-0.2, 0) is 16.4 Å². The van der Waals surface area contributed by atoms with Crippen molar-refractivity contribution >= 4 is 32.4 Å². The van der Waals surface area contributed by atoms with E-state index in [-0.39, 0.29) is 22.0 Å². The number of carbonyl (C=O) groups is 1. The van der Waals surface area contributed by atoms with Crippen LogP contribution in [0.25, 0.3) is 0 Å². The number of thiazole rings is 1. The van der Waals surface area contributed by atoms with Gasteiger partial charge in [0, 0.05) is 36.1 Å². The molecule has 32 heavy (non-hydrogen) atoms. The standard InChI is InChI=1S/C22H24FN3O4S2/c1-4-26(5-2)32(28,29)20-13-16(9-10-19(20)30-3)21(27)25-22-24-14-18(31-22)12-15-7-6-8-17(23)11-15/h6-11,13-14H,4-5,12H2,1-3H3,(H,24,25,27). The van der Waals surface area contributed by atoms with Crippen molar-refractivity contribution in [2.75, 3.05) is 25.5 Å². The molecule has 0 aliphatic carbocycles. The van der Waals surface area contributed by atoms with Crippen LogP contribution in [0.5, 0.6) is 5.75 Å². The van der Waals surface area contributed by atoms with Gasteiger partial charge >= 0.3 is 0 Å². The van der Waals surface area contributed by atoms with Gasteiger partial charge in [0.05, 0.1) is 7.11 Å². The summed E-state index contributed by atoms with van der Waals surface area (Å²) in [4.78, 5) is 17.8. The molecule has 1 aromatic heterocycles. The number of nitrogens with one attached hydrogen (secondary N) is 1. The highest BCUT2D eigenvalue weighted by Gasteiger charge is 2.27. The van der Waals surface area contributed by atoms with E-state index in [4.69, 9.17) is 4.74 Å². The molecule has 1 heterocycles. The maximum Gasteiger partial charge on any atom is 0.257 e. The molecule has 0 aliphatic rings. The molecule has 0 unspecified atom stereocenters. The van der Waals surface area contributed by atoms with Crippen molar-refractivity contribution in [2.45, 2.75) is 25.2 Å². The van der Waals surface area contributed by atoms with E-state index in [2.05, 4.69) is 10.3 Å². The fraction of sp³-hybridized carbons (Fsp3) is 0.273. The van der Waals surface area contributed by atoms with Gasteiger partial charge in [-0.05, 0) is 35.9 Å². The number of sulfonamides is 1. The Hall–Kier alpha value is -2.82. The number of hydrogen-bond acceptors (Lipinski definition) is 6. The second-order valence-corrected chi connectivity index (χ2v) is 9.87. The maximum atomic E-state index is 13.4. The second kappa shape index (κ2) is 10.2. The molecule has 7 nitrogen and oxygen atoms in total. The van der Waals surface area contributed by atoms with Gasteiger partial charge < -0.3 is 4.74 Å². The Morgan fingerprint density at radius 2 is 1.94 bits per heavy atom. The van der Waals surface area contributed by atoms with Gasteiger partial charge in [-0.1, -0.05) is 26.0 Å². The van der Waals surface area contributed by atoms with Crippen molar-refractivity contribution in [1.29, 1.82) is 0 Å². The van der Waals surface area contributed by atoms with Crippen molar-refractivity contribution in [1.82, 2.24) is 9.29 Å². The number of hydrogen-bond donors (Lipinski definition) is 1. The molecule has 10 heteroatoms. The average Bonchev–Trinajstić information content (AvgIpc) is 3.20. The number of carbonyl (C=O) groups excluding carboxylic acids is 1. The summed E-state index contributed by atoms with van der Waals surface area (Å²) in [5.41, 5.74) is 0.964. The quantitative estimate of drug-likeness (QED) is 0.500. The number of benzene rings is 2. The molecular weight excluding hydrogens is 453 g/mol. The zero-order valence-electron chi connectivity index (χ0n) is 18.0. The molecule has 0 saturated heterocycles. The van der Waals surface area contributed by atoms with Crippen molar-refractivity contribution < 1.29 is 22.3 Å². The molecule has 170 valence electrons. The summed E-state index contributed by atoms with van der Waals surface area (Å²) in [6.45, 7) is 4.08. The number of anilines is 1. The lowest BCUT2D eigenvalue weighted by Gasteiger charge is -2.20. The Kier molecular flexibility index (Phi) is 7.60. The molecule has 0 spiro atoms. The van der Waals surface area contributed by atoms with Gasteiger partial charge in [-0.25, -0.2) is 17.8 Å². The van der Waals surface area contributed by atoms with Crippen LogP contribution < -0.4 is 10.1 Å². The smallest absolute Gasteiger partial charge is 0.257 e. The first-order valence-corrected chi connectivity index (χ1v) is 12.2. The molecule has 0 aliphatic heterocycles. The van der Waals surface area contributed by atoms with Crippen LogP contribution in [0.1, 0.15) is 34.6 Å². The zero-order valence-corrected chi connectivity index (χ0v) is 19.6. The molecule has 3 rings (SSSR count). The van der Waals surface area contributed by atoms with E-state index in [1.807, 2.05) is 6.07 Å². The predicted molar refractivity (Wildman–Crippen MR) is 122 cm³/mol. The summed E-state index contributed by atoms with van der Waals surface area (Å²) in [7, 11) is -2.44. The number of rotatable bonds is 9. The summed E-state index contributed by atoms with van der Waals surface area (Å²) in [6, 6.07) is 10.6. The molecule has 0 radical (unpaired) electrons. The fourth-order valence-corrected chi connectivity index (χ4v) is 5.67. The molecule has 0 fully saturated rings. The van der Waals surface area contributed by atoms with Crippen molar-refractivity contribution in [3.05, 3.63) is 70.5 Å². The molecule has 2 aromatic carbocycles. The van der Waals surface area contributed by atoms with E-state index in [0.717, 1.165) is 10.4 Å². The number of aromatic nitrogens is 1. The molecule has 0 atom stereocenters. The van der Waals surface area contributed by atoms with Gasteiger partial charge in [0.15, 0.2) is 5.13 Å². The van der Waals surface area contributed by atoms with Gasteiger partial charge in [-0.3, -0.25) is 10.1 Å². The summed E-state index contributed by atoms with van der Waals surface area (Å²) in [5, 5.41) is 3.06. The van der Waals surface area contributed by atoms with Gasteiger partial charge in [0.1, 0.15) is 16.5 Å². The van der Waals surface area contributed by atoms with Crippen LogP contribution in [0, 0.1) is 5.82 Å². The minimum absolute atomic E-state index is 0.0673. The molecule has 0 bridgehead atoms.